The second-order valence-electron chi connectivity index (χ2n) is 7.47. The van der Waals surface area contributed by atoms with E-state index in [0.717, 1.165) is 32.7 Å². The predicted octanol–water partition coefficient (Wildman–Crippen LogP) is 1.64. The molecule has 0 spiro atoms. The molecule has 128 valence electrons. The highest BCUT2D eigenvalue weighted by Crippen LogP contribution is 2.10. The van der Waals surface area contributed by atoms with E-state index in [1.54, 1.807) is 0 Å². The standard InChI is InChI=1S/C18H31N5/c1-18(2,3)21-17(19)20-13-15-5-7-16(8-6-15)14-23-11-9-22(4)10-12-23/h5-8H,9-14H2,1-4H3,(H3,19,20,21). The summed E-state index contributed by atoms with van der Waals surface area (Å²) in [7, 11) is 2.19. The minimum atomic E-state index is -0.0556. The number of likely N-dealkylation sites (N-methyl/N-ethyl adjacent to an activating group) is 1. The van der Waals surface area contributed by atoms with Gasteiger partial charge in [0.15, 0.2) is 5.96 Å². The van der Waals surface area contributed by atoms with E-state index in [-0.39, 0.29) is 5.54 Å². The van der Waals surface area contributed by atoms with Crippen molar-refractivity contribution in [2.45, 2.75) is 39.4 Å². The van der Waals surface area contributed by atoms with E-state index in [2.05, 4.69) is 72.2 Å². The van der Waals surface area contributed by atoms with Crippen molar-refractivity contribution >= 4 is 5.96 Å². The molecular weight excluding hydrogens is 286 g/mol. The number of nitrogens with one attached hydrogen (secondary N) is 1. The van der Waals surface area contributed by atoms with Crippen LogP contribution in [0.25, 0.3) is 0 Å². The molecule has 23 heavy (non-hydrogen) atoms. The fourth-order valence-corrected chi connectivity index (χ4v) is 2.61. The Morgan fingerprint density at radius 3 is 2.22 bits per heavy atom. The maximum atomic E-state index is 5.90. The van der Waals surface area contributed by atoms with Crippen molar-refractivity contribution in [1.29, 1.82) is 0 Å². The zero-order chi connectivity index (χ0) is 16.9. The molecule has 1 saturated heterocycles. The number of nitrogens with two attached hydrogens (primary N) is 1. The molecule has 2 rings (SSSR count). The molecule has 1 fully saturated rings. The van der Waals surface area contributed by atoms with E-state index in [0.29, 0.717) is 12.5 Å². The average Bonchev–Trinajstić information content (AvgIpc) is 2.47. The van der Waals surface area contributed by atoms with Crippen molar-refractivity contribution in [3.8, 4) is 0 Å². The molecule has 0 radical (unpaired) electrons. The first-order valence-electron chi connectivity index (χ1n) is 8.39. The van der Waals surface area contributed by atoms with E-state index in [1.807, 2.05) is 0 Å². The van der Waals surface area contributed by atoms with Gasteiger partial charge in [0.05, 0.1) is 6.54 Å². The van der Waals surface area contributed by atoms with E-state index < -0.39 is 0 Å². The lowest BCUT2D eigenvalue weighted by Gasteiger charge is -2.32. The number of aliphatic imine (C=N–C) groups is 1. The summed E-state index contributed by atoms with van der Waals surface area (Å²) >= 11 is 0. The van der Waals surface area contributed by atoms with Gasteiger partial charge in [0.25, 0.3) is 0 Å². The van der Waals surface area contributed by atoms with Gasteiger partial charge >= 0.3 is 0 Å². The summed E-state index contributed by atoms with van der Waals surface area (Å²) in [5, 5.41) is 3.18. The topological polar surface area (TPSA) is 56.9 Å². The van der Waals surface area contributed by atoms with Gasteiger partial charge in [0.2, 0.25) is 0 Å². The number of benzene rings is 1. The Balaban J connectivity index is 1.83. The third-order valence-corrected chi connectivity index (χ3v) is 3.96. The average molecular weight is 317 g/mol. The third kappa shape index (κ3) is 6.59. The van der Waals surface area contributed by atoms with Crippen molar-refractivity contribution < 1.29 is 0 Å². The Labute approximate surface area is 140 Å². The van der Waals surface area contributed by atoms with Gasteiger partial charge in [-0.25, -0.2) is 4.99 Å². The van der Waals surface area contributed by atoms with Crippen molar-refractivity contribution in [2.24, 2.45) is 10.7 Å². The molecule has 1 aromatic carbocycles. The van der Waals surface area contributed by atoms with Crippen LogP contribution in [0, 0.1) is 0 Å². The molecule has 0 atom stereocenters. The van der Waals surface area contributed by atoms with Crippen molar-refractivity contribution in [1.82, 2.24) is 15.1 Å². The molecule has 5 nitrogen and oxygen atoms in total. The highest BCUT2D eigenvalue weighted by Gasteiger charge is 2.13. The molecule has 1 aliphatic heterocycles. The highest BCUT2D eigenvalue weighted by atomic mass is 15.2. The van der Waals surface area contributed by atoms with Gasteiger partial charge in [-0.15, -0.1) is 0 Å². The predicted molar refractivity (Wildman–Crippen MR) is 97.4 cm³/mol. The Morgan fingerprint density at radius 2 is 1.65 bits per heavy atom. The minimum Gasteiger partial charge on any atom is -0.370 e. The quantitative estimate of drug-likeness (QED) is 0.655. The monoisotopic (exact) mass is 317 g/mol. The molecule has 0 aromatic heterocycles. The van der Waals surface area contributed by atoms with E-state index in [4.69, 9.17) is 5.73 Å². The molecule has 5 heteroatoms. The van der Waals surface area contributed by atoms with Crippen molar-refractivity contribution in [3.05, 3.63) is 35.4 Å². The van der Waals surface area contributed by atoms with Gasteiger partial charge in [-0.05, 0) is 38.9 Å². The molecular formula is C18H31N5. The number of hydrogen-bond acceptors (Lipinski definition) is 3. The fraction of sp³-hybridized carbons (Fsp3) is 0.611. The summed E-state index contributed by atoms with van der Waals surface area (Å²) in [5.74, 6) is 0.499. The lowest BCUT2D eigenvalue weighted by Crippen LogP contribution is -2.44. The van der Waals surface area contributed by atoms with Crippen LogP contribution in [0.3, 0.4) is 0 Å². The zero-order valence-corrected chi connectivity index (χ0v) is 15.0. The zero-order valence-electron chi connectivity index (χ0n) is 15.0. The summed E-state index contributed by atoms with van der Waals surface area (Å²) in [6.45, 7) is 12.5. The van der Waals surface area contributed by atoms with Gasteiger partial charge < -0.3 is 16.0 Å². The van der Waals surface area contributed by atoms with Crippen LogP contribution in [-0.2, 0) is 13.1 Å². The maximum absolute atomic E-state index is 5.90. The lowest BCUT2D eigenvalue weighted by molar-refractivity contribution is 0.148. The summed E-state index contributed by atoms with van der Waals surface area (Å²) in [6, 6.07) is 8.71. The molecule has 0 unspecified atom stereocenters. The van der Waals surface area contributed by atoms with E-state index in [1.165, 1.54) is 11.1 Å². The van der Waals surface area contributed by atoms with Crippen LogP contribution >= 0.6 is 0 Å². The number of nitrogens with zero attached hydrogens (tertiary/aromatic N) is 3. The molecule has 1 heterocycles. The summed E-state index contributed by atoms with van der Waals surface area (Å²) in [6.07, 6.45) is 0. The van der Waals surface area contributed by atoms with E-state index in [9.17, 15) is 0 Å². The fourth-order valence-electron chi connectivity index (χ4n) is 2.61. The van der Waals surface area contributed by atoms with Crippen LogP contribution in [0.1, 0.15) is 31.9 Å². The Morgan fingerprint density at radius 1 is 1.09 bits per heavy atom. The second-order valence-corrected chi connectivity index (χ2v) is 7.47. The van der Waals surface area contributed by atoms with Crippen LogP contribution in [-0.4, -0.2) is 54.5 Å². The summed E-state index contributed by atoms with van der Waals surface area (Å²) < 4.78 is 0. The maximum Gasteiger partial charge on any atom is 0.189 e. The van der Waals surface area contributed by atoms with Gasteiger partial charge in [0.1, 0.15) is 0 Å². The first kappa shape index (κ1) is 17.8. The normalized spacial score (nSPS) is 18.2. The number of piperazine rings is 1. The van der Waals surface area contributed by atoms with Crippen molar-refractivity contribution in [3.63, 3.8) is 0 Å². The van der Waals surface area contributed by atoms with Crippen molar-refractivity contribution in [2.75, 3.05) is 33.2 Å². The molecule has 3 N–H and O–H groups in total. The van der Waals surface area contributed by atoms with Gasteiger partial charge in [-0.1, -0.05) is 24.3 Å². The summed E-state index contributed by atoms with van der Waals surface area (Å²) in [5.41, 5.74) is 8.39. The SMILES string of the molecule is CN1CCN(Cc2ccc(CN=C(N)NC(C)(C)C)cc2)CC1. The van der Waals surface area contributed by atoms with Crippen LogP contribution in [0.15, 0.2) is 29.3 Å². The van der Waals surface area contributed by atoms with Gasteiger partial charge in [0, 0.05) is 38.3 Å². The van der Waals surface area contributed by atoms with Crippen LogP contribution in [0.5, 0.6) is 0 Å². The van der Waals surface area contributed by atoms with Crippen LogP contribution < -0.4 is 11.1 Å². The molecule has 0 amide bonds. The van der Waals surface area contributed by atoms with Crippen LogP contribution in [0.2, 0.25) is 0 Å². The summed E-state index contributed by atoms with van der Waals surface area (Å²) in [4.78, 5) is 9.30. The molecule has 1 aliphatic rings. The largest absolute Gasteiger partial charge is 0.370 e. The molecule has 0 bridgehead atoms. The Bertz CT molecular complexity index is 507. The molecule has 0 aliphatic carbocycles. The third-order valence-electron chi connectivity index (χ3n) is 3.96. The number of guanidine groups is 1. The first-order valence-corrected chi connectivity index (χ1v) is 8.39. The Kier molecular flexibility index (Phi) is 6.02. The smallest absolute Gasteiger partial charge is 0.189 e. The lowest BCUT2D eigenvalue weighted by atomic mass is 10.1. The first-order chi connectivity index (χ1) is 10.8. The highest BCUT2D eigenvalue weighted by molar-refractivity contribution is 5.78. The van der Waals surface area contributed by atoms with E-state index >= 15 is 0 Å². The molecule has 0 saturated carbocycles. The molecule has 1 aromatic rings. The van der Waals surface area contributed by atoms with Gasteiger partial charge in [-0.2, -0.15) is 0 Å². The minimum absolute atomic E-state index is 0.0556. The number of rotatable bonds is 4. The Hall–Kier alpha value is -1.59. The second kappa shape index (κ2) is 7.79. The van der Waals surface area contributed by atoms with Crippen LogP contribution in [0.4, 0.5) is 0 Å². The number of hydrogen-bond donors (Lipinski definition) is 2. The van der Waals surface area contributed by atoms with Gasteiger partial charge in [-0.3, -0.25) is 4.90 Å².